The van der Waals surface area contributed by atoms with Gasteiger partial charge in [-0.25, -0.2) is 0 Å². The van der Waals surface area contributed by atoms with Crippen LogP contribution in [0.3, 0.4) is 0 Å². The van der Waals surface area contributed by atoms with Crippen LogP contribution in [-0.4, -0.2) is 30.9 Å². The molecule has 0 aliphatic heterocycles. The monoisotopic (exact) mass is 241 g/mol. The second-order valence-electron chi connectivity index (χ2n) is 4.82. The smallest absolute Gasteiger partial charge is 0.220 e. The number of nitrogens with two attached hydrogens (primary N) is 1. The van der Waals surface area contributed by atoms with Crippen molar-refractivity contribution < 1.29 is 9.59 Å². The van der Waals surface area contributed by atoms with Gasteiger partial charge in [-0.15, -0.1) is 0 Å². The topological polar surface area (TPSA) is 84.2 Å². The molecule has 0 heterocycles. The Bertz CT molecular complexity index is 260. The fourth-order valence-electron chi connectivity index (χ4n) is 2.17. The first-order chi connectivity index (χ1) is 8.08. The minimum Gasteiger partial charge on any atom is -0.355 e. The van der Waals surface area contributed by atoms with E-state index in [9.17, 15) is 9.59 Å². The molecule has 1 saturated carbocycles. The van der Waals surface area contributed by atoms with Gasteiger partial charge in [0.1, 0.15) is 0 Å². The van der Waals surface area contributed by atoms with E-state index in [1.54, 1.807) is 0 Å². The Kier molecular flexibility index (Phi) is 5.97. The molecule has 2 amide bonds. The van der Waals surface area contributed by atoms with E-state index in [-0.39, 0.29) is 11.8 Å². The largest absolute Gasteiger partial charge is 0.355 e. The van der Waals surface area contributed by atoms with E-state index in [1.165, 1.54) is 6.92 Å². The van der Waals surface area contributed by atoms with Crippen molar-refractivity contribution in [2.24, 2.45) is 11.7 Å². The van der Waals surface area contributed by atoms with Crippen LogP contribution in [0.5, 0.6) is 0 Å². The van der Waals surface area contributed by atoms with Crippen molar-refractivity contribution in [1.82, 2.24) is 10.6 Å². The Balaban J connectivity index is 2.06. The highest BCUT2D eigenvalue weighted by Crippen LogP contribution is 2.25. The van der Waals surface area contributed by atoms with Gasteiger partial charge in [0.25, 0.3) is 0 Å². The van der Waals surface area contributed by atoms with Crippen LogP contribution in [0.4, 0.5) is 0 Å². The van der Waals surface area contributed by atoms with E-state index in [1.807, 2.05) is 0 Å². The molecule has 17 heavy (non-hydrogen) atoms. The summed E-state index contributed by atoms with van der Waals surface area (Å²) < 4.78 is 0. The van der Waals surface area contributed by atoms with Crippen LogP contribution in [0.1, 0.15) is 39.0 Å². The quantitative estimate of drug-likeness (QED) is 0.599. The van der Waals surface area contributed by atoms with E-state index in [0.29, 0.717) is 31.5 Å². The van der Waals surface area contributed by atoms with Crippen molar-refractivity contribution in [3.05, 3.63) is 0 Å². The van der Waals surface area contributed by atoms with Gasteiger partial charge < -0.3 is 16.4 Å². The predicted molar refractivity (Wildman–Crippen MR) is 66.2 cm³/mol. The average Bonchev–Trinajstić information content (AvgIpc) is 2.27. The summed E-state index contributed by atoms with van der Waals surface area (Å²) in [6, 6.07) is 0.328. The van der Waals surface area contributed by atoms with Crippen molar-refractivity contribution in [2.75, 3.05) is 13.1 Å². The SMILES string of the molecule is CC(=O)NCCNC(=O)CC1CCC(N)CC1. The molecule has 1 aliphatic rings. The van der Waals surface area contributed by atoms with Crippen molar-refractivity contribution >= 4 is 11.8 Å². The molecule has 0 aromatic carbocycles. The molecule has 1 rings (SSSR count). The zero-order chi connectivity index (χ0) is 12.7. The summed E-state index contributed by atoms with van der Waals surface area (Å²) in [6.45, 7) is 2.47. The van der Waals surface area contributed by atoms with E-state index in [4.69, 9.17) is 5.73 Å². The molecule has 5 nitrogen and oxygen atoms in total. The number of hydrogen-bond acceptors (Lipinski definition) is 3. The molecule has 0 aromatic heterocycles. The molecule has 98 valence electrons. The van der Waals surface area contributed by atoms with Gasteiger partial charge in [0.15, 0.2) is 0 Å². The van der Waals surface area contributed by atoms with Crippen LogP contribution in [0.25, 0.3) is 0 Å². The normalized spacial score (nSPS) is 24.1. The number of rotatable bonds is 5. The lowest BCUT2D eigenvalue weighted by atomic mass is 9.84. The lowest BCUT2D eigenvalue weighted by Crippen LogP contribution is -2.35. The third kappa shape index (κ3) is 6.26. The highest BCUT2D eigenvalue weighted by molar-refractivity contribution is 5.76. The first-order valence-electron chi connectivity index (χ1n) is 6.34. The molecule has 1 fully saturated rings. The van der Waals surface area contributed by atoms with E-state index in [2.05, 4.69) is 10.6 Å². The summed E-state index contributed by atoms with van der Waals surface area (Å²) in [6.07, 6.45) is 4.76. The van der Waals surface area contributed by atoms with Gasteiger partial charge in [0.05, 0.1) is 0 Å². The molecular formula is C12H23N3O2. The van der Waals surface area contributed by atoms with Gasteiger partial charge in [-0.1, -0.05) is 0 Å². The van der Waals surface area contributed by atoms with Crippen molar-refractivity contribution in [2.45, 2.75) is 45.1 Å². The van der Waals surface area contributed by atoms with Crippen LogP contribution in [0, 0.1) is 5.92 Å². The summed E-state index contributed by atoms with van der Waals surface area (Å²) in [5.41, 5.74) is 5.81. The maximum absolute atomic E-state index is 11.6. The maximum Gasteiger partial charge on any atom is 0.220 e. The van der Waals surface area contributed by atoms with Crippen LogP contribution in [0.15, 0.2) is 0 Å². The summed E-state index contributed by atoms with van der Waals surface area (Å²) in [5, 5.41) is 5.45. The van der Waals surface area contributed by atoms with E-state index < -0.39 is 0 Å². The Morgan fingerprint density at radius 3 is 2.29 bits per heavy atom. The summed E-state index contributed by atoms with van der Waals surface area (Å²) in [5.74, 6) is 0.493. The highest BCUT2D eigenvalue weighted by atomic mass is 16.2. The zero-order valence-electron chi connectivity index (χ0n) is 10.5. The Morgan fingerprint density at radius 1 is 1.12 bits per heavy atom. The number of nitrogens with one attached hydrogen (secondary N) is 2. The van der Waals surface area contributed by atoms with Crippen molar-refractivity contribution in [1.29, 1.82) is 0 Å². The van der Waals surface area contributed by atoms with E-state index >= 15 is 0 Å². The van der Waals surface area contributed by atoms with Crippen LogP contribution in [0.2, 0.25) is 0 Å². The summed E-state index contributed by atoms with van der Waals surface area (Å²) in [4.78, 5) is 22.2. The zero-order valence-corrected chi connectivity index (χ0v) is 10.5. The lowest BCUT2D eigenvalue weighted by molar-refractivity contribution is -0.123. The minimum absolute atomic E-state index is 0.0690. The Hall–Kier alpha value is -1.10. The molecule has 0 bridgehead atoms. The molecule has 0 saturated heterocycles. The lowest BCUT2D eigenvalue weighted by Gasteiger charge is -2.25. The Morgan fingerprint density at radius 2 is 1.71 bits per heavy atom. The van der Waals surface area contributed by atoms with Gasteiger partial charge in [-0.05, 0) is 31.6 Å². The maximum atomic E-state index is 11.6. The van der Waals surface area contributed by atoms with Crippen LogP contribution >= 0.6 is 0 Å². The number of carbonyl (C=O) groups is 2. The fourth-order valence-corrected chi connectivity index (χ4v) is 2.17. The molecular weight excluding hydrogens is 218 g/mol. The molecule has 0 spiro atoms. The fraction of sp³-hybridized carbons (Fsp3) is 0.833. The van der Waals surface area contributed by atoms with Gasteiger partial charge in [0, 0.05) is 32.5 Å². The number of carbonyl (C=O) groups excluding carboxylic acids is 2. The number of amides is 2. The molecule has 4 N–H and O–H groups in total. The average molecular weight is 241 g/mol. The molecule has 5 heteroatoms. The van der Waals surface area contributed by atoms with Crippen LogP contribution < -0.4 is 16.4 Å². The molecule has 0 atom stereocenters. The van der Waals surface area contributed by atoms with Crippen LogP contribution in [-0.2, 0) is 9.59 Å². The third-order valence-corrected chi connectivity index (χ3v) is 3.19. The van der Waals surface area contributed by atoms with Gasteiger partial charge in [0.2, 0.25) is 11.8 Å². The van der Waals surface area contributed by atoms with E-state index in [0.717, 1.165) is 25.7 Å². The minimum atomic E-state index is -0.0690. The first-order valence-corrected chi connectivity index (χ1v) is 6.34. The number of hydrogen-bond donors (Lipinski definition) is 3. The third-order valence-electron chi connectivity index (χ3n) is 3.19. The Labute approximate surface area is 103 Å². The van der Waals surface area contributed by atoms with Crippen molar-refractivity contribution in [3.8, 4) is 0 Å². The van der Waals surface area contributed by atoms with Gasteiger partial charge in [-0.3, -0.25) is 9.59 Å². The summed E-state index contributed by atoms with van der Waals surface area (Å²) in [7, 11) is 0. The second kappa shape index (κ2) is 7.27. The van der Waals surface area contributed by atoms with Crippen molar-refractivity contribution in [3.63, 3.8) is 0 Å². The predicted octanol–water partition coefficient (Wildman–Crippen LogP) is 0.146. The first kappa shape index (κ1) is 14.0. The van der Waals surface area contributed by atoms with Gasteiger partial charge >= 0.3 is 0 Å². The second-order valence-corrected chi connectivity index (χ2v) is 4.82. The highest BCUT2D eigenvalue weighted by Gasteiger charge is 2.20. The molecule has 0 radical (unpaired) electrons. The molecule has 1 aliphatic carbocycles. The molecule has 0 aromatic rings. The summed E-state index contributed by atoms with van der Waals surface area (Å²) >= 11 is 0. The van der Waals surface area contributed by atoms with Gasteiger partial charge in [-0.2, -0.15) is 0 Å². The standard InChI is InChI=1S/C12H23N3O2/c1-9(16)14-6-7-15-12(17)8-10-2-4-11(13)5-3-10/h10-11H,2-8,13H2,1H3,(H,14,16)(H,15,17). The molecule has 0 unspecified atom stereocenters.